The molecule has 0 aromatic heterocycles. The second-order valence-electron chi connectivity index (χ2n) is 11.2. The van der Waals surface area contributed by atoms with Crippen LogP contribution in [0.1, 0.15) is 59.3 Å². The van der Waals surface area contributed by atoms with Crippen molar-refractivity contribution in [1.82, 2.24) is 10.0 Å². The highest BCUT2D eigenvalue weighted by molar-refractivity contribution is 7.89. The number of nitrogens with two attached hydrogens (primary N) is 1. The Bertz CT molecular complexity index is 1040. The molecule has 4 bridgehead atoms. The van der Waals surface area contributed by atoms with Crippen LogP contribution in [0.2, 0.25) is 0 Å². The standard InChI is InChI=1S/C23H32FN3O4S/c1-21(2,27-32(30,31)17-7-5-4-6-16(17)24)12-18(28)26-19-14-8-22(3)9-15(19)11-23(10-14,13-22)20(25)29/h4-7,14-15,19,27H,8-13H2,1-3H3,(H2,25,29)(H,26,28)/t14-,15+,19?,22?,23?. The summed E-state index contributed by atoms with van der Waals surface area (Å²) in [7, 11) is -4.13. The normalized spacial score (nSPS) is 33.8. The molecule has 0 aliphatic heterocycles. The zero-order chi connectivity index (χ0) is 23.5. The van der Waals surface area contributed by atoms with Gasteiger partial charge in [-0.1, -0.05) is 19.1 Å². The lowest BCUT2D eigenvalue weighted by Gasteiger charge is -2.63. The highest BCUT2D eigenvalue weighted by atomic mass is 32.2. The van der Waals surface area contributed by atoms with Gasteiger partial charge in [0.15, 0.2) is 0 Å². The molecule has 4 aliphatic carbocycles. The van der Waals surface area contributed by atoms with E-state index in [1.807, 2.05) is 0 Å². The number of carbonyl (C=O) groups excluding carboxylic acids is 2. The molecular weight excluding hydrogens is 433 g/mol. The molecular formula is C23H32FN3O4S. The van der Waals surface area contributed by atoms with Crippen LogP contribution in [0.15, 0.2) is 29.2 Å². The number of nitrogens with one attached hydrogen (secondary N) is 2. The number of hydrogen-bond acceptors (Lipinski definition) is 4. The van der Waals surface area contributed by atoms with Crippen molar-refractivity contribution in [2.24, 2.45) is 28.4 Å². The second-order valence-corrected chi connectivity index (χ2v) is 12.8. The van der Waals surface area contributed by atoms with Crippen molar-refractivity contribution in [3.8, 4) is 0 Å². The third-order valence-corrected chi connectivity index (χ3v) is 9.32. The van der Waals surface area contributed by atoms with Gasteiger partial charge in [0, 0.05) is 18.0 Å². The van der Waals surface area contributed by atoms with Gasteiger partial charge >= 0.3 is 0 Å². The van der Waals surface area contributed by atoms with Crippen LogP contribution in [0.4, 0.5) is 4.39 Å². The molecule has 5 rings (SSSR count). The molecule has 2 amide bonds. The van der Waals surface area contributed by atoms with Crippen LogP contribution in [0.25, 0.3) is 0 Å². The molecule has 0 radical (unpaired) electrons. The first kappa shape index (κ1) is 23.2. The Balaban J connectivity index is 1.43. The molecule has 9 heteroatoms. The fourth-order valence-electron chi connectivity index (χ4n) is 6.86. The van der Waals surface area contributed by atoms with Gasteiger partial charge in [-0.3, -0.25) is 9.59 Å². The van der Waals surface area contributed by atoms with E-state index in [4.69, 9.17) is 5.73 Å². The van der Waals surface area contributed by atoms with Crippen molar-refractivity contribution in [3.05, 3.63) is 30.1 Å². The van der Waals surface area contributed by atoms with E-state index in [2.05, 4.69) is 17.0 Å². The van der Waals surface area contributed by atoms with E-state index >= 15 is 0 Å². The first-order valence-electron chi connectivity index (χ1n) is 11.1. The third kappa shape index (κ3) is 4.17. The first-order valence-corrected chi connectivity index (χ1v) is 12.6. The minimum Gasteiger partial charge on any atom is -0.369 e. The van der Waals surface area contributed by atoms with Crippen LogP contribution in [-0.2, 0) is 19.6 Å². The monoisotopic (exact) mass is 465 g/mol. The Morgan fingerprint density at radius 1 is 1.16 bits per heavy atom. The number of benzene rings is 1. The predicted molar refractivity (Wildman–Crippen MR) is 117 cm³/mol. The van der Waals surface area contributed by atoms with E-state index in [9.17, 15) is 22.4 Å². The molecule has 0 spiro atoms. The highest BCUT2D eigenvalue weighted by Gasteiger charge is 2.62. The van der Waals surface area contributed by atoms with Crippen LogP contribution < -0.4 is 15.8 Å². The summed E-state index contributed by atoms with van der Waals surface area (Å²) in [6, 6.07) is 5.10. The van der Waals surface area contributed by atoms with Gasteiger partial charge < -0.3 is 11.1 Å². The highest BCUT2D eigenvalue weighted by Crippen LogP contribution is 2.65. The Hall–Kier alpha value is -2.00. The van der Waals surface area contributed by atoms with E-state index in [0.29, 0.717) is 12.8 Å². The van der Waals surface area contributed by atoms with Crippen LogP contribution in [0, 0.1) is 28.5 Å². The molecule has 4 saturated carbocycles. The molecule has 32 heavy (non-hydrogen) atoms. The Morgan fingerprint density at radius 3 is 2.31 bits per heavy atom. The summed E-state index contributed by atoms with van der Waals surface area (Å²) in [6.45, 7) is 5.41. The zero-order valence-corrected chi connectivity index (χ0v) is 19.6. The molecule has 4 N–H and O–H groups in total. The van der Waals surface area contributed by atoms with Crippen molar-refractivity contribution in [3.63, 3.8) is 0 Å². The molecule has 4 fully saturated rings. The average Bonchev–Trinajstić information content (AvgIpc) is 2.62. The number of halogens is 1. The van der Waals surface area contributed by atoms with Gasteiger partial charge in [-0.15, -0.1) is 0 Å². The number of hydrogen-bond donors (Lipinski definition) is 3. The van der Waals surface area contributed by atoms with Gasteiger partial charge in [0.1, 0.15) is 10.7 Å². The van der Waals surface area contributed by atoms with Crippen LogP contribution in [0.5, 0.6) is 0 Å². The molecule has 0 saturated heterocycles. The molecule has 3 unspecified atom stereocenters. The summed E-state index contributed by atoms with van der Waals surface area (Å²) < 4.78 is 41.7. The summed E-state index contributed by atoms with van der Waals surface area (Å²) in [6.07, 6.45) is 4.04. The molecule has 5 atom stereocenters. The maximum Gasteiger partial charge on any atom is 0.243 e. The lowest BCUT2D eigenvalue weighted by molar-refractivity contribution is -0.158. The van der Waals surface area contributed by atoms with Gasteiger partial charge in [-0.25, -0.2) is 17.5 Å². The van der Waals surface area contributed by atoms with Gasteiger partial charge in [-0.2, -0.15) is 0 Å². The topological polar surface area (TPSA) is 118 Å². The number of rotatable bonds is 7. The van der Waals surface area contributed by atoms with Crippen molar-refractivity contribution in [1.29, 1.82) is 0 Å². The second kappa shape index (κ2) is 7.52. The lowest BCUT2D eigenvalue weighted by Crippen LogP contribution is -2.64. The molecule has 7 nitrogen and oxygen atoms in total. The minimum atomic E-state index is -4.13. The van der Waals surface area contributed by atoms with Gasteiger partial charge in [0.25, 0.3) is 0 Å². The van der Waals surface area contributed by atoms with E-state index in [0.717, 1.165) is 25.3 Å². The zero-order valence-electron chi connectivity index (χ0n) is 18.8. The molecule has 1 aromatic carbocycles. The molecule has 0 heterocycles. The quantitative estimate of drug-likeness (QED) is 0.573. The van der Waals surface area contributed by atoms with Gasteiger partial charge in [0.05, 0.1) is 5.41 Å². The Morgan fingerprint density at radius 2 is 1.75 bits per heavy atom. The molecule has 4 aliphatic rings. The summed E-state index contributed by atoms with van der Waals surface area (Å²) in [5.41, 5.74) is 4.28. The fraction of sp³-hybridized carbons (Fsp3) is 0.652. The maximum atomic E-state index is 14.0. The number of sulfonamides is 1. The van der Waals surface area contributed by atoms with Crippen molar-refractivity contribution >= 4 is 21.8 Å². The molecule has 1 aromatic rings. The largest absolute Gasteiger partial charge is 0.369 e. The van der Waals surface area contributed by atoms with Crippen LogP contribution in [0.3, 0.4) is 0 Å². The van der Waals surface area contributed by atoms with Crippen molar-refractivity contribution in [2.45, 2.75) is 75.8 Å². The summed E-state index contributed by atoms with van der Waals surface area (Å²) in [4.78, 5) is 24.7. The minimum absolute atomic E-state index is 0.0395. The fourth-order valence-corrected chi connectivity index (χ4v) is 8.35. The van der Waals surface area contributed by atoms with Crippen molar-refractivity contribution < 1.29 is 22.4 Å². The van der Waals surface area contributed by atoms with E-state index < -0.39 is 31.7 Å². The average molecular weight is 466 g/mol. The number of carbonyl (C=O) groups is 2. The van der Waals surface area contributed by atoms with E-state index in [-0.39, 0.29) is 41.5 Å². The smallest absolute Gasteiger partial charge is 0.243 e. The van der Waals surface area contributed by atoms with Gasteiger partial charge in [-0.05, 0) is 75.3 Å². The molecule has 176 valence electrons. The van der Waals surface area contributed by atoms with Crippen LogP contribution >= 0.6 is 0 Å². The SMILES string of the molecule is CC12C[C@@H]3CC(C(N)=O)(C[C@H](C1)C3NC(=O)CC(C)(C)NS(=O)(=O)c1ccccc1F)C2. The van der Waals surface area contributed by atoms with Gasteiger partial charge in [0.2, 0.25) is 21.8 Å². The first-order chi connectivity index (χ1) is 14.7. The number of amides is 2. The summed E-state index contributed by atoms with van der Waals surface area (Å²) in [5.74, 6) is -0.953. The van der Waals surface area contributed by atoms with E-state index in [1.54, 1.807) is 13.8 Å². The van der Waals surface area contributed by atoms with Crippen molar-refractivity contribution in [2.75, 3.05) is 0 Å². The third-order valence-electron chi connectivity index (χ3n) is 7.59. The lowest BCUT2D eigenvalue weighted by atomic mass is 9.43. The number of primary amides is 1. The van der Waals surface area contributed by atoms with E-state index in [1.165, 1.54) is 18.2 Å². The summed E-state index contributed by atoms with van der Waals surface area (Å²) in [5, 5.41) is 3.13. The van der Waals surface area contributed by atoms with Crippen LogP contribution in [-0.4, -0.2) is 31.8 Å². The summed E-state index contributed by atoms with van der Waals surface area (Å²) >= 11 is 0. The maximum absolute atomic E-state index is 14.0. The predicted octanol–water partition coefficient (Wildman–Crippen LogP) is 2.46. The Labute approximate surface area is 188 Å². The Kier molecular flexibility index (Phi) is 5.44.